The Morgan fingerprint density at radius 3 is 2.31 bits per heavy atom. The van der Waals surface area contributed by atoms with Gasteiger partial charge in [-0.05, 0) is 54.5 Å². The number of rotatable bonds is 10. The van der Waals surface area contributed by atoms with Crippen molar-refractivity contribution in [3.8, 4) is 0 Å². The first-order valence-corrected chi connectivity index (χ1v) is 11.8. The van der Waals surface area contributed by atoms with E-state index in [0.29, 0.717) is 24.9 Å². The van der Waals surface area contributed by atoms with Crippen LogP contribution in [-0.2, 0) is 16.1 Å². The summed E-state index contributed by atoms with van der Waals surface area (Å²) in [5.41, 5.74) is 3.99. The highest BCUT2D eigenvalue weighted by Crippen LogP contribution is 2.35. The average Bonchev–Trinajstić information content (AvgIpc) is 3.57. The van der Waals surface area contributed by atoms with Crippen molar-refractivity contribution < 1.29 is 9.59 Å². The molecule has 2 aromatic carbocycles. The van der Waals surface area contributed by atoms with Crippen LogP contribution < -0.4 is 10.2 Å². The van der Waals surface area contributed by atoms with Crippen LogP contribution in [0, 0.1) is 5.92 Å². The number of carbonyl (C=O) groups is 2. The third-order valence-electron chi connectivity index (χ3n) is 5.96. The van der Waals surface area contributed by atoms with Crippen molar-refractivity contribution in [3.63, 3.8) is 0 Å². The summed E-state index contributed by atoms with van der Waals surface area (Å²) >= 11 is 0. The quantitative estimate of drug-likeness (QED) is 0.542. The van der Waals surface area contributed by atoms with Gasteiger partial charge in [-0.2, -0.15) is 0 Å². The molecule has 32 heavy (non-hydrogen) atoms. The van der Waals surface area contributed by atoms with Crippen molar-refractivity contribution in [2.24, 2.45) is 5.92 Å². The molecule has 172 valence electrons. The van der Waals surface area contributed by atoms with Crippen LogP contribution in [0.3, 0.4) is 0 Å². The van der Waals surface area contributed by atoms with Gasteiger partial charge in [-0.3, -0.25) is 9.59 Å². The van der Waals surface area contributed by atoms with E-state index in [-0.39, 0.29) is 17.7 Å². The maximum atomic E-state index is 13.7. The van der Waals surface area contributed by atoms with Crippen LogP contribution in [0.5, 0.6) is 0 Å². The minimum Gasteiger partial charge on any atom is -0.377 e. The molecule has 2 amide bonds. The second-order valence-corrected chi connectivity index (χ2v) is 9.45. The van der Waals surface area contributed by atoms with Crippen LogP contribution in [-0.4, -0.2) is 36.9 Å². The van der Waals surface area contributed by atoms with Gasteiger partial charge in [-0.15, -0.1) is 0 Å². The SMILES string of the molecule is CC[C@H](C(=O)N(Cc1cc(NC(=O)CC(C)C)ccc1N(C)C)C1CC1)c1ccccc1. The Kier molecular flexibility index (Phi) is 7.94. The van der Waals surface area contributed by atoms with E-state index >= 15 is 0 Å². The molecule has 0 radical (unpaired) electrons. The van der Waals surface area contributed by atoms with Gasteiger partial charge in [0.25, 0.3) is 0 Å². The van der Waals surface area contributed by atoms with E-state index in [1.165, 1.54) is 0 Å². The number of anilines is 2. The maximum absolute atomic E-state index is 13.7. The maximum Gasteiger partial charge on any atom is 0.230 e. The highest BCUT2D eigenvalue weighted by Gasteiger charge is 2.36. The smallest absolute Gasteiger partial charge is 0.230 e. The van der Waals surface area contributed by atoms with E-state index in [1.54, 1.807) is 0 Å². The molecule has 0 aromatic heterocycles. The van der Waals surface area contributed by atoms with Crippen molar-refractivity contribution in [2.75, 3.05) is 24.3 Å². The van der Waals surface area contributed by atoms with Crippen LogP contribution in [0.4, 0.5) is 11.4 Å². The van der Waals surface area contributed by atoms with Gasteiger partial charge in [0.2, 0.25) is 11.8 Å². The highest BCUT2D eigenvalue weighted by molar-refractivity contribution is 5.91. The fourth-order valence-electron chi connectivity index (χ4n) is 4.20. The van der Waals surface area contributed by atoms with Crippen LogP contribution >= 0.6 is 0 Å². The lowest BCUT2D eigenvalue weighted by atomic mass is 9.94. The third kappa shape index (κ3) is 6.12. The van der Waals surface area contributed by atoms with Gasteiger partial charge in [0, 0.05) is 44.5 Å². The summed E-state index contributed by atoms with van der Waals surface area (Å²) in [7, 11) is 4.02. The lowest BCUT2D eigenvalue weighted by Crippen LogP contribution is -2.36. The summed E-state index contributed by atoms with van der Waals surface area (Å²) in [5.74, 6) is 0.393. The van der Waals surface area contributed by atoms with Crippen LogP contribution in [0.15, 0.2) is 48.5 Å². The highest BCUT2D eigenvalue weighted by atomic mass is 16.2. The monoisotopic (exact) mass is 435 g/mol. The molecule has 0 unspecified atom stereocenters. The summed E-state index contributed by atoms with van der Waals surface area (Å²) in [4.78, 5) is 30.1. The first kappa shape index (κ1) is 23.8. The molecule has 0 saturated heterocycles. The van der Waals surface area contributed by atoms with E-state index in [0.717, 1.165) is 41.8 Å². The largest absolute Gasteiger partial charge is 0.377 e. The molecule has 2 aromatic rings. The number of hydrogen-bond donors (Lipinski definition) is 1. The van der Waals surface area contributed by atoms with Gasteiger partial charge in [0.15, 0.2) is 0 Å². The van der Waals surface area contributed by atoms with Crippen LogP contribution in [0.1, 0.15) is 63.5 Å². The Labute approximate surface area is 192 Å². The molecule has 0 heterocycles. The molecule has 5 nitrogen and oxygen atoms in total. The lowest BCUT2D eigenvalue weighted by Gasteiger charge is -2.29. The Morgan fingerprint density at radius 2 is 1.75 bits per heavy atom. The second kappa shape index (κ2) is 10.7. The van der Waals surface area contributed by atoms with Crippen molar-refractivity contribution >= 4 is 23.2 Å². The molecule has 1 aliphatic rings. The normalized spacial score (nSPS) is 14.2. The predicted octanol–water partition coefficient (Wildman–Crippen LogP) is 5.42. The topological polar surface area (TPSA) is 52.7 Å². The molecule has 1 fully saturated rings. The number of nitrogens with zero attached hydrogens (tertiary/aromatic N) is 2. The number of nitrogens with one attached hydrogen (secondary N) is 1. The number of benzene rings is 2. The molecule has 1 N–H and O–H groups in total. The van der Waals surface area contributed by atoms with E-state index in [2.05, 4.69) is 22.0 Å². The summed E-state index contributed by atoms with van der Waals surface area (Å²) in [6.45, 7) is 6.71. The van der Waals surface area contributed by atoms with Crippen LogP contribution in [0.2, 0.25) is 0 Å². The molecule has 1 atom stereocenters. The summed E-state index contributed by atoms with van der Waals surface area (Å²) in [5, 5.41) is 3.03. The second-order valence-electron chi connectivity index (χ2n) is 9.45. The Hall–Kier alpha value is -2.82. The van der Waals surface area contributed by atoms with E-state index in [9.17, 15) is 9.59 Å². The van der Waals surface area contributed by atoms with Gasteiger partial charge in [-0.1, -0.05) is 51.1 Å². The molecule has 0 bridgehead atoms. The van der Waals surface area contributed by atoms with E-state index in [4.69, 9.17) is 0 Å². The number of amides is 2. The van der Waals surface area contributed by atoms with Gasteiger partial charge >= 0.3 is 0 Å². The minimum atomic E-state index is -0.131. The average molecular weight is 436 g/mol. The molecular weight excluding hydrogens is 398 g/mol. The van der Waals surface area contributed by atoms with Gasteiger partial charge in [0.05, 0.1) is 5.92 Å². The first-order chi connectivity index (χ1) is 15.3. The number of hydrogen-bond acceptors (Lipinski definition) is 3. The number of carbonyl (C=O) groups excluding carboxylic acids is 2. The zero-order chi connectivity index (χ0) is 23.3. The summed E-state index contributed by atoms with van der Waals surface area (Å²) in [6.07, 6.45) is 3.38. The zero-order valence-electron chi connectivity index (χ0n) is 20.1. The van der Waals surface area contributed by atoms with E-state index < -0.39 is 0 Å². The third-order valence-corrected chi connectivity index (χ3v) is 5.96. The Morgan fingerprint density at radius 1 is 1.06 bits per heavy atom. The van der Waals surface area contributed by atoms with Crippen molar-refractivity contribution in [1.29, 1.82) is 0 Å². The molecule has 0 aliphatic heterocycles. The molecule has 3 rings (SSSR count). The van der Waals surface area contributed by atoms with Crippen LogP contribution in [0.25, 0.3) is 0 Å². The van der Waals surface area contributed by atoms with Gasteiger partial charge < -0.3 is 15.1 Å². The summed E-state index contributed by atoms with van der Waals surface area (Å²) in [6, 6.07) is 16.4. The van der Waals surface area contributed by atoms with Crippen molar-refractivity contribution in [2.45, 2.75) is 65.0 Å². The fourth-order valence-corrected chi connectivity index (χ4v) is 4.20. The van der Waals surface area contributed by atoms with Gasteiger partial charge in [-0.25, -0.2) is 0 Å². The minimum absolute atomic E-state index is 0.0220. The molecule has 5 heteroatoms. The van der Waals surface area contributed by atoms with Gasteiger partial charge in [0.1, 0.15) is 0 Å². The summed E-state index contributed by atoms with van der Waals surface area (Å²) < 4.78 is 0. The molecule has 0 spiro atoms. The lowest BCUT2D eigenvalue weighted by molar-refractivity contribution is -0.134. The first-order valence-electron chi connectivity index (χ1n) is 11.8. The zero-order valence-corrected chi connectivity index (χ0v) is 20.1. The van der Waals surface area contributed by atoms with Crippen molar-refractivity contribution in [1.82, 2.24) is 4.90 Å². The molecule has 1 aliphatic carbocycles. The Balaban J connectivity index is 1.86. The fraction of sp³-hybridized carbons (Fsp3) is 0.481. The van der Waals surface area contributed by atoms with E-state index in [1.807, 2.05) is 76.5 Å². The molecular formula is C27H37N3O2. The predicted molar refractivity (Wildman–Crippen MR) is 132 cm³/mol. The van der Waals surface area contributed by atoms with Crippen molar-refractivity contribution in [3.05, 3.63) is 59.7 Å². The Bertz CT molecular complexity index is 920. The molecule has 1 saturated carbocycles. The standard InChI is InChI=1S/C27H37N3O2/c1-6-24(20-10-8-7-9-11-20)27(32)30(23-13-14-23)18-21-17-22(12-15-25(21)29(4)5)28-26(31)16-19(2)3/h7-12,15,17,19,23-24H,6,13-14,16,18H2,1-5H3,(H,28,31)/t24-/m0/s1.